The monoisotopic (exact) mass is 983 g/mol. The fourth-order valence-electron chi connectivity index (χ4n) is 10.4. The molecule has 3 atom stereocenters. The number of benzene rings is 3. The number of aliphatic hydroxyl groups is 1. The molecule has 0 bridgehead atoms. The third-order valence-electron chi connectivity index (χ3n) is 14.4. The number of Topliss-reactive ketones (excluding diaryl/α,β-unsaturated/α-hetero) is 1. The number of rotatable bonds is 17. The average Bonchev–Trinajstić information content (AvgIpc) is 4.09. The number of hydrogen-bond donors (Lipinski definition) is 4. The van der Waals surface area contributed by atoms with Crippen LogP contribution >= 0.6 is 11.3 Å². The van der Waals surface area contributed by atoms with Crippen molar-refractivity contribution in [2.75, 3.05) is 51.0 Å². The van der Waals surface area contributed by atoms with E-state index in [-0.39, 0.29) is 87.7 Å². The van der Waals surface area contributed by atoms with Gasteiger partial charge in [-0.15, -0.1) is 11.3 Å². The largest absolute Gasteiger partial charge is 0.391 e. The molecule has 3 aromatic carbocycles. The first-order chi connectivity index (χ1) is 33.9. The smallest absolute Gasteiger partial charge is 0.246 e. The molecule has 15 nitrogen and oxygen atoms in total. The molecule has 4 heterocycles. The summed E-state index contributed by atoms with van der Waals surface area (Å²) in [4.78, 5) is 84.1. The van der Waals surface area contributed by atoms with Crippen molar-refractivity contribution in [3.63, 3.8) is 0 Å². The maximum absolute atomic E-state index is 14.1. The number of carbonyl (C=O) groups excluding carboxylic acids is 5. The van der Waals surface area contributed by atoms with E-state index in [1.165, 1.54) is 4.90 Å². The number of ether oxygens (including phenoxy) is 2. The van der Waals surface area contributed by atoms with E-state index in [0.29, 0.717) is 16.8 Å². The van der Waals surface area contributed by atoms with Crippen LogP contribution in [0.1, 0.15) is 111 Å². The molecule has 374 valence electrons. The summed E-state index contributed by atoms with van der Waals surface area (Å²) in [6.45, 7) is 22.9. The first-order valence-corrected chi connectivity index (χ1v) is 25.5. The van der Waals surface area contributed by atoms with E-state index in [0.717, 1.165) is 87.5 Å². The van der Waals surface area contributed by atoms with Crippen molar-refractivity contribution in [2.45, 2.75) is 111 Å². The van der Waals surface area contributed by atoms with Crippen LogP contribution in [0.4, 0.5) is 11.4 Å². The summed E-state index contributed by atoms with van der Waals surface area (Å²) in [7, 11) is 0. The number of fused-ring (bicyclic) bond motifs is 4. The molecular weight excluding hydrogens is 919 g/mol. The predicted molar refractivity (Wildman–Crippen MR) is 274 cm³/mol. The van der Waals surface area contributed by atoms with Crippen molar-refractivity contribution < 1.29 is 38.6 Å². The van der Waals surface area contributed by atoms with Crippen LogP contribution < -0.4 is 15.5 Å². The molecule has 2 saturated heterocycles. The molecule has 16 heteroatoms. The highest BCUT2D eigenvalue weighted by Gasteiger charge is 2.45. The number of anilines is 1. The molecule has 3 amide bonds. The topological polar surface area (TPSA) is 188 Å². The summed E-state index contributed by atoms with van der Waals surface area (Å²) < 4.78 is 11.2. The molecule has 2 aromatic heterocycles. The van der Waals surface area contributed by atoms with Crippen LogP contribution in [0, 0.1) is 24.8 Å². The van der Waals surface area contributed by atoms with Gasteiger partial charge in [-0.05, 0) is 72.1 Å². The minimum Gasteiger partial charge on any atom is -0.391 e. The van der Waals surface area contributed by atoms with Crippen LogP contribution in [0.25, 0.3) is 26.2 Å². The van der Waals surface area contributed by atoms with E-state index in [1.807, 2.05) is 63.5 Å². The zero-order valence-electron chi connectivity index (χ0n) is 41.8. The first kappa shape index (κ1) is 51.1. The Labute approximate surface area is 419 Å². The molecule has 1 aliphatic carbocycles. The summed E-state index contributed by atoms with van der Waals surface area (Å²) in [6.07, 6.45) is 1.38. The number of H-pyrrole nitrogens is 1. The Hall–Kier alpha value is -6.25. The van der Waals surface area contributed by atoms with Crippen molar-refractivity contribution >= 4 is 62.9 Å². The van der Waals surface area contributed by atoms with E-state index in [2.05, 4.69) is 63.3 Å². The second-order valence-corrected chi connectivity index (χ2v) is 21.6. The number of carbonyl (C=O) groups is 5. The van der Waals surface area contributed by atoms with Crippen molar-refractivity contribution in [3.05, 3.63) is 111 Å². The van der Waals surface area contributed by atoms with Crippen LogP contribution in [0.3, 0.4) is 0 Å². The summed E-state index contributed by atoms with van der Waals surface area (Å²) in [5, 5.41) is 17.5. The average molecular weight is 984 g/mol. The van der Waals surface area contributed by atoms with Gasteiger partial charge in [0.05, 0.1) is 47.5 Å². The standard InChI is InChI=1S/C55H65N7O8S/c1-9-34-22-41-42(55(6,7)51-48(49(41)66)40-15-14-37(56-8)23-44(40)60-51)26-45(34)61-18-16-36(17-19-61)59-47(65)30-70-21-20-69-29-39(64)24-43(54(3,4)5)53(68)62-28-38(63)25-46(62)52(67)57-27-33-10-12-35(13-11-33)50-32(2)58-31-71-50/h10-15,22-23,26,31,36,38,43,46,60,63H,9,16-21,24-25,27-30H2,1-7H3,(H,57,67)(H,59,65)/t38-,43-,46+/m1/s1. The van der Waals surface area contributed by atoms with E-state index in [4.69, 9.17) is 16.0 Å². The van der Waals surface area contributed by atoms with Crippen molar-refractivity contribution in [1.29, 1.82) is 0 Å². The van der Waals surface area contributed by atoms with E-state index < -0.39 is 28.9 Å². The molecule has 0 unspecified atom stereocenters. The molecule has 3 aliphatic rings. The fraction of sp³-hybridized carbons (Fsp3) is 0.473. The highest BCUT2D eigenvalue weighted by atomic mass is 32.1. The second kappa shape index (κ2) is 21.2. The van der Waals surface area contributed by atoms with Gasteiger partial charge in [0.15, 0.2) is 17.3 Å². The van der Waals surface area contributed by atoms with Crippen LogP contribution in [0.15, 0.2) is 60.1 Å². The Kier molecular flexibility index (Phi) is 15.3. The quantitative estimate of drug-likeness (QED) is 0.0534. The minimum atomic E-state index is -0.870. The van der Waals surface area contributed by atoms with Crippen LogP contribution in [0.2, 0.25) is 0 Å². The summed E-state index contributed by atoms with van der Waals surface area (Å²) in [5.41, 5.74) is 10.3. The number of nitrogens with one attached hydrogen (secondary N) is 3. The number of aryl methyl sites for hydroxylation is 2. The molecule has 0 radical (unpaired) electrons. The molecular formula is C55H65N7O8S. The number of aromatic nitrogens is 2. The third kappa shape index (κ3) is 11.0. The van der Waals surface area contributed by atoms with Gasteiger partial charge >= 0.3 is 0 Å². The number of amides is 3. The number of nitrogens with zero attached hydrogens (tertiary/aromatic N) is 4. The van der Waals surface area contributed by atoms with Gasteiger partial charge < -0.3 is 40.0 Å². The van der Waals surface area contributed by atoms with Crippen LogP contribution in [0.5, 0.6) is 0 Å². The molecule has 0 saturated carbocycles. The molecule has 2 aliphatic heterocycles. The minimum absolute atomic E-state index is 0.00137. The van der Waals surface area contributed by atoms with E-state index >= 15 is 0 Å². The molecule has 5 aromatic rings. The maximum Gasteiger partial charge on any atom is 0.246 e. The van der Waals surface area contributed by atoms with Gasteiger partial charge in [0.2, 0.25) is 17.7 Å². The Morgan fingerprint density at radius 3 is 2.41 bits per heavy atom. The number of hydrogen-bond acceptors (Lipinski definition) is 11. The van der Waals surface area contributed by atoms with Gasteiger partial charge in [0.25, 0.3) is 0 Å². The van der Waals surface area contributed by atoms with Gasteiger partial charge in [0, 0.05) is 84.2 Å². The summed E-state index contributed by atoms with van der Waals surface area (Å²) in [6, 6.07) is 16.7. The Morgan fingerprint density at radius 2 is 1.75 bits per heavy atom. The molecule has 0 spiro atoms. The normalized spacial score (nSPS) is 18.2. The Morgan fingerprint density at radius 1 is 1.03 bits per heavy atom. The third-order valence-corrected chi connectivity index (χ3v) is 15.4. The lowest BCUT2D eigenvalue weighted by molar-refractivity contribution is -0.147. The van der Waals surface area contributed by atoms with Crippen molar-refractivity contribution in [1.82, 2.24) is 25.5 Å². The number of thiazole rings is 1. The van der Waals surface area contributed by atoms with Crippen LogP contribution in [-0.4, -0.2) is 114 Å². The lowest BCUT2D eigenvalue weighted by Gasteiger charge is -2.38. The van der Waals surface area contributed by atoms with E-state index in [9.17, 15) is 29.1 Å². The number of β-amino-alcohol motifs (C(OH)–C–C–N with tert-alkyl or cyclic N) is 1. The highest BCUT2D eigenvalue weighted by molar-refractivity contribution is 7.13. The number of likely N-dealkylation sites (tertiary alicyclic amines) is 1. The zero-order chi connectivity index (χ0) is 50.8. The number of aliphatic hydroxyl groups excluding tert-OH is 1. The molecule has 4 N–H and O–H groups in total. The summed E-state index contributed by atoms with van der Waals surface area (Å²) >= 11 is 1.57. The molecule has 71 heavy (non-hydrogen) atoms. The highest BCUT2D eigenvalue weighted by Crippen LogP contribution is 2.46. The maximum atomic E-state index is 14.1. The Balaban J connectivity index is 0.763. The lowest BCUT2D eigenvalue weighted by Crippen LogP contribution is -2.50. The van der Waals surface area contributed by atoms with Crippen LogP contribution in [-0.2, 0) is 47.0 Å². The van der Waals surface area contributed by atoms with Gasteiger partial charge in [0.1, 0.15) is 19.3 Å². The fourth-order valence-corrected chi connectivity index (χ4v) is 11.2. The van der Waals surface area contributed by atoms with Gasteiger partial charge in [-0.1, -0.05) is 77.9 Å². The predicted octanol–water partition coefficient (Wildman–Crippen LogP) is 7.60. The van der Waals surface area contributed by atoms with E-state index in [1.54, 1.807) is 23.5 Å². The molecule has 2 fully saturated rings. The van der Waals surface area contributed by atoms with Gasteiger partial charge in [-0.2, -0.15) is 0 Å². The number of piperidine rings is 1. The number of aromatic amines is 1. The first-order valence-electron chi connectivity index (χ1n) is 24.6. The SMILES string of the molecule is [C-]#[N+]c1ccc2c3c([nH]c2c1)C(C)(C)c1cc(N2CCC(NC(=O)COCCOCC(=O)C[C@H](C(=O)N4C[C@H](O)C[C@H]4C(=O)NCc4ccc(-c5scnc5C)cc4)C(C)(C)C)CC2)c(CC)cc1C3=O. The zero-order valence-corrected chi connectivity index (χ0v) is 42.6. The van der Waals surface area contributed by atoms with Gasteiger partial charge in [-0.3, -0.25) is 24.0 Å². The Bertz CT molecular complexity index is 2860. The van der Waals surface area contributed by atoms with Crippen molar-refractivity contribution in [2.24, 2.45) is 11.3 Å². The molecule has 8 rings (SSSR count). The van der Waals surface area contributed by atoms with Crippen molar-refractivity contribution in [3.8, 4) is 10.4 Å². The lowest BCUT2D eigenvalue weighted by atomic mass is 9.70. The number of ketones is 2. The summed E-state index contributed by atoms with van der Waals surface area (Å²) in [5.74, 6) is -1.99. The second-order valence-electron chi connectivity index (χ2n) is 20.7. The van der Waals surface area contributed by atoms with Gasteiger partial charge in [-0.25, -0.2) is 9.83 Å².